The number of carboxylic acid groups (broad SMARTS) is 1. The summed E-state index contributed by atoms with van der Waals surface area (Å²) >= 11 is 0. The van der Waals surface area contributed by atoms with Gasteiger partial charge < -0.3 is 20.4 Å². The number of nitrogens with zero attached hydrogens (tertiary/aromatic N) is 2. The van der Waals surface area contributed by atoms with Crippen LogP contribution in [-0.4, -0.2) is 76.9 Å². The van der Waals surface area contributed by atoms with Crippen molar-refractivity contribution >= 4 is 12.0 Å². The van der Waals surface area contributed by atoms with Crippen LogP contribution in [0.3, 0.4) is 0 Å². The minimum Gasteiger partial charge on any atom is -0.479 e. The van der Waals surface area contributed by atoms with Crippen LogP contribution in [0.1, 0.15) is 32.1 Å². The lowest BCUT2D eigenvalue weighted by molar-refractivity contribution is -0.146. The number of carbonyl (C=O) groups excluding carboxylic acids is 1. The summed E-state index contributed by atoms with van der Waals surface area (Å²) in [5.74, 6) is -1.25. The van der Waals surface area contributed by atoms with E-state index in [9.17, 15) is 9.59 Å². The van der Waals surface area contributed by atoms with Gasteiger partial charge in [-0.3, -0.25) is 4.90 Å². The number of likely N-dealkylation sites (tertiary alicyclic amines) is 2. The summed E-state index contributed by atoms with van der Waals surface area (Å²) in [4.78, 5) is 26.7. The smallest absolute Gasteiger partial charge is 0.332 e. The van der Waals surface area contributed by atoms with E-state index in [1.54, 1.807) is 4.90 Å². The van der Waals surface area contributed by atoms with E-state index in [0.717, 1.165) is 32.6 Å². The summed E-state index contributed by atoms with van der Waals surface area (Å²) in [6, 6.07) is 0.299. The van der Waals surface area contributed by atoms with Crippen LogP contribution in [0.2, 0.25) is 0 Å². The van der Waals surface area contributed by atoms with Gasteiger partial charge in [0, 0.05) is 32.1 Å². The molecule has 2 rings (SSSR count). The van der Waals surface area contributed by atoms with Crippen LogP contribution in [0.5, 0.6) is 0 Å². The highest BCUT2D eigenvalue weighted by molar-refractivity contribution is 5.75. The third kappa shape index (κ3) is 4.57. The molecule has 0 bridgehead atoms. The molecule has 0 spiro atoms. The maximum Gasteiger partial charge on any atom is 0.332 e. The Labute approximate surface area is 124 Å². The first-order valence-electron chi connectivity index (χ1n) is 7.75. The summed E-state index contributed by atoms with van der Waals surface area (Å²) in [5, 5.41) is 20.4. The SMILES string of the molecule is O=C(O)[C@@H](O)CCNC(=O)N1CCC(N2CCCCC2)C1. The molecule has 0 radical (unpaired) electrons. The van der Waals surface area contributed by atoms with Crippen molar-refractivity contribution in [3.63, 3.8) is 0 Å². The number of urea groups is 1. The fraction of sp³-hybridized carbons (Fsp3) is 0.857. The van der Waals surface area contributed by atoms with Crippen molar-refractivity contribution in [2.24, 2.45) is 0 Å². The number of rotatable bonds is 5. The van der Waals surface area contributed by atoms with E-state index in [1.165, 1.54) is 19.3 Å². The van der Waals surface area contributed by atoms with Gasteiger partial charge in [0.25, 0.3) is 0 Å². The van der Waals surface area contributed by atoms with Gasteiger partial charge in [0.1, 0.15) is 0 Å². The average Bonchev–Trinajstić information content (AvgIpc) is 2.97. The summed E-state index contributed by atoms with van der Waals surface area (Å²) in [5.41, 5.74) is 0. The number of carbonyl (C=O) groups is 2. The molecule has 2 fully saturated rings. The molecule has 0 aliphatic carbocycles. The molecule has 3 N–H and O–H groups in total. The summed E-state index contributed by atoms with van der Waals surface area (Å²) < 4.78 is 0. The second kappa shape index (κ2) is 7.61. The van der Waals surface area contributed by atoms with Crippen molar-refractivity contribution < 1.29 is 19.8 Å². The molecular weight excluding hydrogens is 274 g/mol. The van der Waals surface area contributed by atoms with Crippen molar-refractivity contribution in [3.8, 4) is 0 Å². The molecule has 2 amide bonds. The predicted molar refractivity (Wildman–Crippen MR) is 77.1 cm³/mol. The number of aliphatic hydroxyl groups excluding tert-OH is 1. The quantitative estimate of drug-likeness (QED) is 0.669. The van der Waals surface area contributed by atoms with Gasteiger partial charge in [0.05, 0.1) is 0 Å². The minimum absolute atomic E-state index is 0.0322. The van der Waals surface area contributed by atoms with Crippen molar-refractivity contribution in [1.82, 2.24) is 15.1 Å². The third-order valence-electron chi connectivity index (χ3n) is 4.34. The van der Waals surface area contributed by atoms with Crippen LogP contribution in [0.4, 0.5) is 4.79 Å². The van der Waals surface area contributed by atoms with Crippen LogP contribution in [0, 0.1) is 0 Å². The van der Waals surface area contributed by atoms with Crippen LogP contribution in [0.15, 0.2) is 0 Å². The van der Waals surface area contributed by atoms with Gasteiger partial charge in [0.2, 0.25) is 0 Å². The lowest BCUT2D eigenvalue weighted by Crippen LogP contribution is -2.44. The van der Waals surface area contributed by atoms with E-state index in [-0.39, 0.29) is 19.0 Å². The van der Waals surface area contributed by atoms with Gasteiger partial charge in [-0.05, 0) is 32.4 Å². The number of carboxylic acids is 1. The monoisotopic (exact) mass is 299 g/mol. The number of nitrogens with one attached hydrogen (secondary N) is 1. The summed E-state index contributed by atoms with van der Waals surface area (Å²) in [7, 11) is 0. The number of hydrogen-bond donors (Lipinski definition) is 3. The zero-order chi connectivity index (χ0) is 15.2. The zero-order valence-electron chi connectivity index (χ0n) is 12.3. The number of hydrogen-bond acceptors (Lipinski definition) is 4. The van der Waals surface area contributed by atoms with Gasteiger partial charge in [0.15, 0.2) is 6.10 Å². The highest BCUT2D eigenvalue weighted by atomic mass is 16.4. The van der Waals surface area contributed by atoms with Crippen molar-refractivity contribution in [2.75, 3.05) is 32.7 Å². The Morgan fingerprint density at radius 3 is 2.57 bits per heavy atom. The van der Waals surface area contributed by atoms with E-state index in [0.29, 0.717) is 6.04 Å². The summed E-state index contributed by atoms with van der Waals surface area (Å²) in [6.07, 6.45) is 3.42. The molecule has 2 aliphatic rings. The van der Waals surface area contributed by atoms with Crippen LogP contribution < -0.4 is 5.32 Å². The lowest BCUT2D eigenvalue weighted by atomic mass is 10.1. The van der Waals surface area contributed by atoms with Crippen molar-refractivity contribution in [1.29, 1.82) is 0 Å². The van der Waals surface area contributed by atoms with E-state index in [4.69, 9.17) is 10.2 Å². The first-order chi connectivity index (χ1) is 10.1. The Morgan fingerprint density at radius 1 is 1.19 bits per heavy atom. The lowest BCUT2D eigenvalue weighted by Gasteiger charge is -2.32. The van der Waals surface area contributed by atoms with E-state index >= 15 is 0 Å². The van der Waals surface area contributed by atoms with Crippen molar-refractivity contribution in [3.05, 3.63) is 0 Å². The van der Waals surface area contributed by atoms with Crippen molar-refractivity contribution in [2.45, 2.75) is 44.2 Å². The molecule has 1 unspecified atom stereocenters. The fourth-order valence-electron chi connectivity index (χ4n) is 3.06. The number of piperidine rings is 1. The van der Waals surface area contributed by atoms with E-state index < -0.39 is 12.1 Å². The molecule has 7 nitrogen and oxygen atoms in total. The normalized spacial score (nSPS) is 24.8. The highest BCUT2D eigenvalue weighted by Gasteiger charge is 2.30. The standard InChI is InChI=1S/C14H25N3O4/c18-12(13(19)20)4-6-15-14(21)17-9-5-11(10-17)16-7-2-1-3-8-16/h11-12,18H,1-10H2,(H,15,21)(H,19,20)/t11?,12-/m0/s1. The molecule has 2 saturated heterocycles. The molecule has 2 aliphatic heterocycles. The second-order valence-corrected chi connectivity index (χ2v) is 5.86. The van der Waals surface area contributed by atoms with E-state index in [1.807, 2.05) is 0 Å². The number of aliphatic hydroxyl groups is 1. The van der Waals surface area contributed by atoms with Gasteiger partial charge in [-0.2, -0.15) is 0 Å². The van der Waals surface area contributed by atoms with Gasteiger partial charge in [-0.1, -0.05) is 6.42 Å². The summed E-state index contributed by atoms with van der Waals surface area (Å²) in [6.45, 7) is 3.93. The zero-order valence-corrected chi connectivity index (χ0v) is 12.3. The third-order valence-corrected chi connectivity index (χ3v) is 4.34. The molecule has 7 heteroatoms. The Hall–Kier alpha value is -1.34. The van der Waals surface area contributed by atoms with Crippen LogP contribution >= 0.6 is 0 Å². The molecular formula is C14H25N3O4. The Balaban J connectivity index is 1.68. The van der Waals surface area contributed by atoms with Gasteiger partial charge in [-0.15, -0.1) is 0 Å². The Kier molecular flexibility index (Phi) is 5.81. The molecule has 2 atom stereocenters. The molecule has 0 saturated carbocycles. The Morgan fingerprint density at radius 2 is 1.90 bits per heavy atom. The maximum absolute atomic E-state index is 12.0. The average molecular weight is 299 g/mol. The molecule has 0 aromatic rings. The first-order valence-corrected chi connectivity index (χ1v) is 7.75. The van der Waals surface area contributed by atoms with Gasteiger partial charge >= 0.3 is 12.0 Å². The van der Waals surface area contributed by atoms with Crippen LogP contribution in [-0.2, 0) is 4.79 Å². The van der Waals surface area contributed by atoms with Crippen LogP contribution in [0.25, 0.3) is 0 Å². The fourth-order valence-corrected chi connectivity index (χ4v) is 3.06. The predicted octanol–water partition coefficient (Wildman–Crippen LogP) is 0.0918. The van der Waals surface area contributed by atoms with Gasteiger partial charge in [-0.25, -0.2) is 9.59 Å². The van der Waals surface area contributed by atoms with E-state index in [2.05, 4.69) is 10.2 Å². The molecule has 2 heterocycles. The molecule has 21 heavy (non-hydrogen) atoms. The first kappa shape index (κ1) is 16.0. The minimum atomic E-state index is -1.41. The Bertz CT molecular complexity index is 371. The molecule has 0 aromatic heterocycles. The highest BCUT2D eigenvalue weighted by Crippen LogP contribution is 2.20. The maximum atomic E-state index is 12.0. The topological polar surface area (TPSA) is 93.1 Å². The second-order valence-electron chi connectivity index (χ2n) is 5.86. The number of amides is 2. The largest absolute Gasteiger partial charge is 0.479 e. The molecule has 0 aromatic carbocycles. The number of aliphatic carboxylic acids is 1. The molecule has 120 valence electrons.